The van der Waals surface area contributed by atoms with Crippen LogP contribution in [0.2, 0.25) is 0 Å². The molecule has 3 nitrogen and oxygen atoms in total. The van der Waals surface area contributed by atoms with E-state index in [1.54, 1.807) is 0 Å². The molecule has 1 aliphatic heterocycles. The van der Waals surface area contributed by atoms with Crippen LogP contribution in [0.4, 0.5) is 5.69 Å². The predicted molar refractivity (Wildman–Crippen MR) is 77.1 cm³/mol. The summed E-state index contributed by atoms with van der Waals surface area (Å²) < 4.78 is 6.49. The molecule has 1 amide bonds. The molecule has 0 radical (unpaired) electrons. The van der Waals surface area contributed by atoms with Crippen molar-refractivity contribution in [1.82, 2.24) is 0 Å². The Labute approximate surface area is 115 Å². The molecular weight excluding hydrogens is 329 g/mol. The first-order chi connectivity index (χ1) is 8.11. The van der Waals surface area contributed by atoms with Crippen molar-refractivity contribution in [2.24, 2.45) is 5.92 Å². The smallest absolute Gasteiger partial charge is 0.265 e. The third-order valence-electron chi connectivity index (χ3n) is 2.82. The molecule has 0 N–H and O–H groups in total. The molecule has 0 aromatic heterocycles. The molecule has 0 saturated carbocycles. The molecule has 1 aliphatic rings. The van der Waals surface area contributed by atoms with Crippen LogP contribution in [-0.2, 0) is 4.79 Å². The Morgan fingerprint density at radius 3 is 3.00 bits per heavy atom. The predicted octanol–water partition coefficient (Wildman–Crippen LogP) is 2.79. The number of rotatable bonds is 3. The van der Waals surface area contributed by atoms with Crippen LogP contribution in [0.15, 0.2) is 18.2 Å². The number of aryl methyl sites for hydroxylation is 1. The number of nitrogens with zero attached hydrogens (tertiary/aromatic N) is 1. The second kappa shape index (κ2) is 5.25. The van der Waals surface area contributed by atoms with E-state index < -0.39 is 0 Å². The standard InChI is InChI=1S/C13H16INO2/c1-9-3-4-12-11(5-9)15(7-10(2)6-14)13(16)8-17-12/h3-5,10H,6-8H2,1-2H3. The maximum Gasteiger partial charge on any atom is 0.265 e. The maximum atomic E-state index is 11.9. The summed E-state index contributed by atoms with van der Waals surface area (Å²) in [4.78, 5) is 13.8. The molecule has 4 heteroatoms. The van der Waals surface area contributed by atoms with Crippen molar-refractivity contribution in [1.29, 1.82) is 0 Å². The highest BCUT2D eigenvalue weighted by Gasteiger charge is 2.26. The van der Waals surface area contributed by atoms with Gasteiger partial charge in [-0.05, 0) is 30.5 Å². The molecule has 1 aromatic rings. The lowest BCUT2D eigenvalue weighted by molar-refractivity contribution is -0.121. The summed E-state index contributed by atoms with van der Waals surface area (Å²) in [5, 5.41) is 0. The summed E-state index contributed by atoms with van der Waals surface area (Å²) in [6.45, 7) is 5.11. The zero-order valence-electron chi connectivity index (χ0n) is 10.1. The maximum absolute atomic E-state index is 11.9. The van der Waals surface area contributed by atoms with Gasteiger partial charge in [0.15, 0.2) is 6.61 Å². The lowest BCUT2D eigenvalue weighted by Crippen LogP contribution is -2.41. The van der Waals surface area contributed by atoms with Gasteiger partial charge in [0, 0.05) is 11.0 Å². The van der Waals surface area contributed by atoms with Crippen LogP contribution in [0, 0.1) is 12.8 Å². The van der Waals surface area contributed by atoms with E-state index in [0.29, 0.717) is 5.92 Å². The lowest BCUT2D eigenvalue weighted by Gasteiger charge is -2.31. The molecule has 92 valence electrons. The summed E-state index contributed by atoms with van der Waals surface area (Å²) in [6.07, 6.45) is 0. The Morgan fingerprint density at radius 2 is 2.29 bits per heavy atom. The highest BCUT2D eigenvalue weighted by Crippen LogP contribution is 2.33. The van der Waals surface area contributed by atoms with Crippen molar-refractivity contribution in [3.63, 3.8) is 0 Å². The van der Waals surface area contributed by atoms with Crippen LogP contribution < -0.4 is 9.64 Å². The molecule has 0 spiro atoms. The van der Waals surface area contributed by atoms with Crippen LogP contribution in [0.25, 0.3) is 0 Å². The van der Waals surface area contributed by atoms with Gasteiger partial charge in [-0.3, -0.25) is 4.79 Å². The highest BCUT2D eigenvalue weighted by molar-refractivity contribution is 14.1. The van der Waals surface area contributed by atoms with Gasteiger partial charge in [-0.15, -0.1) is 0 Å². The fourth-order valence-corrected chi connectivity index (χ4v) is 2.15. The molecule has 1 aromatic carbocycles. The number of halogens is 1. The molecule has 0 saturated heterocycles. The Kier molecular flexibility index (Phi) is 3.91. The number of carbonyl (C=O) groups is 1. The van der Waals surface area contributed by atoms with Gasteiger partial charge >= 0.3 is 0 Å². The Hall–Kier alpha value is -0.780. The van der Waals surface area contributed by atoms with E-state index in [4.69, 9.17) is 4.74 Å². The van der Waals surface area contributed by atoms with Gasteiger partial charge in [0.1, 0.15) is 5.75 Å². The topological polar surface area (TPSA) is 29.5 Å². The zero-order valence-corrected chi connectivity index (χ0v) is 12.2. The molecule has 1 heterocycles. The monoisotopic (exact) mass is 345 g/mol. The molecule has 2 rings (SSSR count). The average molecular weight is 345 g/mol. The zero-order chi connectivity index (χ0) is 12.4. The first kappa shape index (κ1) is 12.7. The van der Waals surface area contributed by atoms with Gasteiger partial charge in [0.2, 0.25) is 0 Å². The van der Waals surface area contributed by atoms with Crippen LogP contribution in [-0.4, -0.2) is 23.5 Å². The molecule has 1 unspecified atom stereocenters. The molecule has 0 aliphatic carbocycles. The Bertz CT molecular complexity index is 433. The molecular formula is C13H16INO2. The number of ether oxygens (including phenoxy) is 1. The summed E-state index contributed by atoms with van der Waals surface area (Å²) in [5.74, 6) is 1.36. The normalized spacial score (nSPS) is 16.4. The van der Waals surface area contributed by atoms with Crippen molar-refractivity contribution >= 4 is 34.2 Å². The van der Waals surface area contributed by atoms with Gasteiger partial charge in [-0.1, -0.05) is 35.6 Å². The minimum absolute atomic E-state index is 0.0554. The van der Waals surface area contributed by atoms with Gasteiger partial charge < -0.3 is 9.64 Å². The van der Waals surface area contributed by atoms with Crippen molar-refractivity contribution in [3.05, 3.63) is 23.8 Å². The first-order valence-electron chi connectivity index (χ1n) is 5.71. The van der Waals surface area contributed by atoms with Crippen molar-refractivity contribution in [3.8, 4) is 5.75 Å². The number of alkyl halides is 1. The number of hydrogen-bond acceptors (Lipinski definition) is 2. The summed E-state index contributed by atoms with van der Waals surface area (Å²) in [7, 11) is 0. The van der Waals surface area contributed by atoms with Crippen LogP contribution in [0.3, 0.4) is 0 Å². The van der Waals surface area contributed by atoms with Gasteiger partial charge in [0.05, 0.1) is 5.69 Å². The average Bonchev–Trinajstić information content (AvgIpc) is 2.32. The van der Waals surface area contributed by atoms with Crippen molar-refractivity contribution < 1.29 is 9.53 Å². The molecule has 1 atom stereocenters. The van der Waals surface area contributed by atoms with E-state index in [0.717, 1.165) is 28.0 Å². The number of anilines is 1. The second-order valence-electron chi connectivity index (χ2n) is 4.52. The second-order valence-corrected chi connectivity index (χ2v) is 5.40. The van der Waals surface area contributed by atoms with Gasteiger partial charge in [-0.2, -0.15) is 0 Å². The van der Waals surface area contributed by atoms with Crippen LogP contribution >= 0.6 is 22.6 Å². The summed E-state index contributed by atoms with van der Waals surface area (Å²) in [6, 6.07) is 5.97. The SMILES string of the molecule is Cc1ccc2c(c1)N(CC(C)CI)C(=O)CO2. The van der Waals surface area contributed by atoms with Crippen LogP contribution in [0.1, 0.15) is 12.5 Å². The number of amides is 1. The summed E-state index contributed by atoms with van der Waals surface area (Å²) in [5.41, 5.74) is 2.06. The number of fused-ring (bicyclic) bond motifs is 1. The quantitative estimate of drug-likeness (QED) is 0.623. The van der Waals surface area contributed by atoms with Crippen molar-refractivity contribution in [2.75, 3.05) is 22.5 Å². The number of benzene rings is 1. The minimum atomic E-state index is 0.0554. The number of carbonyl (C=O) groups excluding carboxylic acids is 1. The van der Waals surface area contributed by atoms with Gasteiger partial charge in [0.25, 0.3) is 5.91 Å². The van der Waals surface area contributed by atoms with E-state index in [2.05, 4.69) is 29.5 Å². The van der Waals surface area contributed by atoms with Crippen molar-refractivity contribution in [2.45, 2.75) is 13.8 Å². The largest absolute Gasteiger partial charge is 0.482 e. The van der Waals surface area contributed by atoms with E-state index in [1.807, 2.05) is 30.0 Å². The molecule has 0 fully saturated rings. The number of hydrogen-bond donors (Lipinski definition) is 0. The molecule has 17 heavy (non-hydrogen) atoms. The molecule has 0 bridgehead atoms. The van der Waals surface area contributed by atoms with E-state index in [1.165, 1.54) is 0 Å². The van der Waals surface area contributed by atoms with E-state index in [-0.39, 0.29) is 12.5 Å². The minimum Gasteiger partial charge on any atom is -0.482 e. The van der Waals surface area contributed by atoms with Crippen LogP contribution in [0.5, 0.6) is 5.75 Å². The highest BCUT2D eigenvalue weighted by atomic mass is 127. The first-order valence-corrected chi connectivity index (χ1v) is 7.24. The van der Waals surface area contributed by atoms with Gasteiger partial charge in [-0.25, -0.2) is 0 Å². The third-order valence-corrected chi connectivity index (χ3v) is 4.32. The fraction of sp³-hybridized carbons (Fsp3) is 0.462. The third kappa shape index (κ3) is 2.73. The lowest BCUT2D eigenvalue weighted by atomic mass is 10.1. The van der Waals surface area contributed by atoms with E-state index >= 15 is 0 Å². The van der Waals surface area contributed by atoms with E-state index in [9.17, 15) is 4.79 Å². The fourth-order valence-electron chi connectivity index (χ4n) is 1.87. The Balaban J connectivity index is 2.32. The summed E-state index contributed by atoms with van der Waals surface area (Å²) >= 11 is 2.35. The Morgan fingerprint density at radius 1 is 1.53 bits per heavy atom.